The molecule has 0 aliphatic carbocycles. The zero-order valence-electron chi connectivity index (χ0n) is 15.3. The molecule has 0 aliphatic rings. The molecule has 3 heteroatoms. The largest absolute Gasteiger partial charge is 0.395 e. The van der Waals surface area contributed by atoms with Crippen molar-refractivity contribution in [1.29, 1.82) is 0 Å². The topological polar surface area (TPSA) is 49.3 Å². The summed E-state index contributed by atoms with van der Waals surface area (Å²) in [6.45, 7) is 2.52. The number of amides is 1. The SMILES string of the molecule is CC/C=C\C/C=C\C/C=C\C/C=C\CCCCCC(=O)NCCO. The summed E-state index contributed by atoms with van der Waals surface area (Å²) in [5, 5.41) is 11.3. The van der Waals surface area contributed by atoms with E-state index in [9.17, 15) is 4.79 Å². The second-order valence-corrected chi connectivity index (χ2v) is 5.67. The molecule has 24 heavy (non-hydrogen) atoms. The summed E-state index contributed by atoms with van der Waals surface area (Å²) in [6, 6.07) is 0. The number of rotatable bonds is 15. The maximum atomic E-state index is 11.3. The van der Waals surface area contributed by atoms with Crippen molar-refractivity contribution in [3.05, 3.63) is 48.6 Å². The summed E-state index contributed by atoms with van der Waals surface area (Å²) >= 11 is 0. The van der Waals surface area contributed by atoms with Gasteiger partial charge in [-0.25, -0.2) is 0 Å². The first-order valence-corrected chi connectivity index (χ1v) is 9.28. The van der Waals surface area contributed by atoms with Gasteiger partial charge in [0.05, 0.1) is 6.61 Å². The lowest BCUT2D eigenvalue weighted by atomic mass is 10.1. The predicted molar refractivity (Wildman–Crippen MR) is 104 cm³/mol. The van der Waals surface area contributed by atoms with Crippen molar-refractivity contribution >= 4 is 5.91 Å². The van der Waals surface area contributed by atoms with Crippen LogP contribution in [0, 0.1) is 0 Å². The number of aliphatic hydroxyl groups is 1. The highest BCUT2D eigenvalue weighted by molar-refractivity contribution is 5.75. The van der Waals surface area contributed by atoms with E-state index in [1.807, 2.05) is 0 Å². The molecule has 0 saturated carbocycles. The molecule has 0 aromatic carbocycles. The van der Waals surface area contributed by atoms with E-state index in [0.29, 0.717) is 13.0 Å². The molecule has 0 saturated heterocycles. The van der Waals surface area contributed by atoms with E-state index in [0.717, 1.165) is 51.4 Å². The van der Waals surface area contributed by atoms with Gasteiger partial charge in [-0.15, -0.1) is 0 Å². The molecular weight excluding hydrogens is 298 g/mol. The van der Waals surface area contributed by atoms with Gasteiger partial charge in [0, 0.05) is 13.0 Å². The van der Waals surface area contributed by atoms with E-state index < -0.39 is 0 Å². The summed E-state index contributed by atoms with van der Waals surface area (Å²) in [7, 11) is 0. The van der Waals surface area contributed by atoms with Crippen molar-refractivity contribution in [2.75, 3.05) is 13.2 Å². The van der Waals surface area contributed by atoms with Crippen molar-refractivity contribution in [3.8, 4) is 0 Å². The Morgan fingerprint density at radius 1 is 0.833 bits per heavy atom. The van der Waals surface area contributed by atoms with Crippen LogP contribution >= 0.6 is 0 Å². The van der Waals surface area contributed by atoms with E-state index in [1.54, 1.807) is 0 Å². The zero-order valence-corrected chi connectivity index (χ0v) is 15.3. The van der Waals surface area contributed by atoms with Gasteiger partial charge in [-0.3, -0.25) is 4.79 Å². The fourth-order valence-corrected chi connectivity index (χ4v) is 2.11. The molecule has 136 valence electrons. The van der Waals surface area contributed by atoms with Crippen LogP contribution in [-0.4, -0.2) is 24.2 Å². The molecule has 0 spiro atoms. The van der Waals surface area contributed by atoms with Gasteiger partial charge in [-0.05, 0) is 44.9 Å². The molecule has 0 unspecified atom stereocenters. The summed E-state index contributed by atoms with van der Waals surface area (Å²) in [5.41, 5.74) is 0. The standard InChI is InChI=1S/C21H35NO2/c1-2-3-4-5-6-7-8-9-10-11-12-13-14-15-16-17-18-21(24)22-19-20-23/h3-4,6-7,9-10,12-13,23H,2,5,8,11,14-20H2,1H3,(H,22,24)/b4-3-,7-6-,10-9-,13-12-. The Hall–Kier alpha value is -1.61. The van der Waals surface area contributed by atoms with Gasteiger partial charge < -0.3 is 10.4 Å². The lowest BCUT2D eigenvalue weighted by Crippen LogP contribution is -2.25. The van der Waals surface area contributed by atoms with Crippen LogP contribution in [0.25, 0.3) is 0 Å². The third kappa shape index (κ3) is 18.4. The zero-order chi connectivity index (χ0) is 17.7. The van der Waals surface area contributed by atoms with Crippen LogP contribution in [0.5, 0.6) is 0 Å². The van der Waals surface area contributed by atoms with Crippen LogP contribution in [0.15, 0.2) is 48.6 Å². The van der Waals surface area contributed by atoms with Gasteiger partial charge in [-0.2, -0.15) is 0 Å². The number of hydrogen-bond acceptors (Lipinski definition) is 2. The first-order chi connectivity index (χ1) is 11.8. The van der Waals surface area contributed by atoms with Gasteiger partial charge in [0.1, 0.15) is 0 Å². The van der Waals surface area contributed by atoms with Crippen molar-refractivity contribution < 1.29 is 9.90 Å². The highest BCUT2D eigenvalue weighted by Gasteiger charge is 1.98. The Morgan fingerprint density at radius 2 is 1.42 bits per heavy atom. The number of allylic oxidation sites excluding steroid dienone is 8. The molecule has 0 heterocycles. The lowest BCUT2D eigenvalue weighted by Gasteiger charge is -2.02. The van der Waals surface area contributed by atoms with Gasteiger partial charge >= 0.3 is 0 Å². The van der Waals surface area contributed by atoms with Gasteiger partial charge in [-0.1, -0.05) is 62.0 Å². The number of carbonyl (C=O) groups is 1. The minimum Gasteiger partial charge on any atom is -0.395 e. The van der Waals surface area contributed by atoms with Crippen molar-refractivity contribution in [3.63, 3.8) is 0 Å². The fraction of sp³-hybridized carbons (Fsp3) is 0.571. The molecule has 0 bridgehead atoms. The third-order valence-corrected chi connectivity index (χ3v) is 3.43. The lowest BCUT2D eigenvalue weighted by molar-refractivity contribution is -0.121. The van der Waals surface area contributed by atoms with Crippen LogP contribution in [-0.2, 0) is 4.79 Å². The summed E-state index contributed by atoms with van der Waals surface area (Å²) in [4.78, 5) is 11.3. The summed E-state index contributed by atoms with van der Waals surface area (Å²) < 4.78 is 0. The number of carbonyl (C=O) groups excluding carboxylic acids is 1. The number of aliphatic hydroxyl groups excluding tert-OH is 1. The quantitative estimate of drug-likeness (QED) is 0.332. The second-order valence-electron chi connectivity index (χ2n) is 5.67. The van der Waals surface area contributed by atoms with E-state index in [2.05, 4.69) is 60.8 Å². The predicted octanol–water partition coefficient (Wildman–Crippen LogP) is 4.85. The first kappa shape index (κ1) is 22.4. The van der Waals surface area contributed by atoms with Gasteiger partial charge in [0.2, 0.25) is 5.91 Å². The smallest absolute Gasteiger partial charge is 0.220 e. The normalized spacial score (nSPS) is 12.2. The molecular formula is C21H35NO2. The minimum absolute atomic E-state index is 0.0115. The van der Waals surface area contributed by atoms with Crippen LogP contribution in [0.3, 0.4) is 0 Å². The monoisotopic (exact) mass is 333 g/mol. The third-order valence-electron chi connectivity index (χ3n) is 3.43. The molecule has 0 fully saturated rings. The molecule has 0 aromatic rings. The van der Waals surface area contributed by atoms with Crippen LogP contribution in [0.4, 0.5) is 0 Å². The average Bonchev–Trinajstić information content (AvgIpc) is 2.59. The maximum absolute atomic E-state index is 11.3. The van der Waals surface area contributed by atoms with Crippen LogP contribution in [0.1, 0.15) is 64.7 Å². The van der Waals surface area contributed by atoms with Crippen LogP contribution in [0.2, 0.25) is 0 Å². The maximum Gasteiger partial charge on any atom is 0.220 e. The molecule has 0 aliphatic heterocycles. The Kier molecular flexibility index (Phi) is 18.1. The molecule has 1 amide bonds. The van der Waals surface area contributed by atoms with Crippen molar-refractivity contribution in [1.82, 2.24) is 5.32 Å². The minimum atomic E-state index is 0.0115. The van der Waals surface area contributed by atoms with E-state index in [-0.39, 0.29) is 12.5 Å². The summed E-state index contributed by atoms with van der Waals surface area (Å²) in [6.07, 6.45) is 26.5. The molecule has 0 aromatic heterocycles. The molecule has 0 atom stereocenters. The van der Waals surface area contributed by atoms with Crippen molar-refractivity contribution in [2.45, 2.75) is 64.7 Å². The van der Waals surface area contributed by atoms with Crippen LogP contribution < -0.4 is 5.32 Å². The van der Waals surface area contributed by atoms with Gasteiger partial charge in [0.15, 0.2) is 0 Å². The Bertz CT molecular complexity index is 395. The van der Waals surface area contributed by atoms with E-state index in [4.69, 9.17) is 5.11 Å². The molecule has 0 rings (SSSR count). The highest BCUT2D eigenvalue weighted by Crippen LogP contribution is 2.04. The number of unbranched alkanes of at least 4 members (excludes halogenated alkanes) is 3. The van der Waals surface area contributed by atoms with Gasteiger partial charge in [0.25, 0.3) is 0 Å². The summed E-state index contributed by atoms with van der Waals surface area (Å²) in [5.74, 6) is 0.0418. The number of nitrogens with one attached hydrogen (secondary N) is 1. The van der Waals surface area contributed by atoms with Crippen molar-refractivity contribution in [2.24, 2.45) is 0 Å². The first-order valence-electron chi connectivity index (χ1n) is 9.28. The average molecular weight is 334 g/mol. The number of hydrogen-bond donors (Lipinski definition) is 2. The Labute approximate surface area is 148 Å². The molecule has 3 nitrogen and oxygen atoms in total. The second kappa shape index (κ2) is 19.4. The Morgan fingerprint density at radius 3 is 2.00 bits per heavy atom. The highest BCUT2D eigenvalue weighted by atomic mass is 16.3. The Balaban J connectivity index is 3.39. The fourth-order valence-electron chi connectivity index (χ4n) is 2.11. The molecule has 0 radical (unpaired) electrons. The molecule has 2 N–H and O–H groups in total. The van der Waals surface area contributed by atoms with E-state index >= 15 is 0 Å². The van der Waals surface area contributed by atoms with E-state index in [1.165, 1.54) is 0 Å².